The number of carbonyl (C=O) groups is 1. The topological polar surface area (TPSA) is 78.8 Å². The standard InChI is InChI=1S/C14H21NO4/c1-10-4-3-5-11(2)14(10)19-7-6-13(18)15-8-12(17)9-16/h3-5,12,16-17H,6-9H2,1-2H3,(H,15,18). The third-order valence-electron chi connectivity index (χ3n) is 2.73. The van der Waals surface area contributed by atoms with Gasteiger partial charge in [-0.2, -0.15) is 0 Å². The van der Waals surface area contributed by atoms with Crippen molar-refractivity contribution in [1.82, 2.24) is 5.32 Å². The summed E-state index contributed by atoms with van der Waals surface area (Å²) >= 11 is 0. The van der Waals surface area contributed by atoms with Crippen LogP contribution in [0.1, 0.15) is 17.5 Å². The third kappa shape index (κ3) is 5.28. The van der Waals surface area contributed by atoms with Gasteiger partial charge in [0.15, 0.2) is 0 Å². The zero-order valence-corrected chi connectivity index (χ0v) is 11.3. The normalized spacial score (nSPS) is 12.0. The Hall–Kier alpha value is -1.59. The molecule has 0 bridgehead atoms. The van der Waals surface area contributed by atoms with E-state index in [1.807, 2.05) is 32.0 Å². The van der Waals surface area contributed by atoms with Gasteiger partial charge in [0, 0.05) is 6.54 Å². The minimum atomic E-state index is -0.913. The number of para-hydroxylation sites is 1. The maximum atomic E-state index is 11.4. The molecule has 0 saturated heterocycles. The smallest absolute Gasteiger partial charge is 0.223 e. The number of ether oxygens (including phenoxy) is 1. The molecule has 3 N–H and O–H groups in total. The van der Waals surface area contributed by atoms with Gasteiger partial charge < -0.3 is 20.3 Å². The van der Waals surface area contributed by atoms with Crippen LogP contribution in [0.3, 0.4) is 0 Å². The minimum absolute atomic E-state index is 0.0543. The highest BCUT2D eigenvalue weighted by Gasteiger charge is 2.07. The molecule has 0 aliphatic rings. The Balaban J connectivity index is 2.32. The van der Waals surface area contributed by atoms with E-state index in [1.165, 1.54) is 0 Å². The number of hydrogen-bond donors (Lipinski definition) is 3. The summed E-state index contributed by atoms with van der Waals surface area (Å²) in [6.45, 7) is 3.89. The summed E-state index contributed by atoms with van der Waals surface area (Å²) < 4.78 is 5.60. The molecule has 5 heteroatoms. The Morgan fingerprint density at radius 1 is 1.37 bits per heavy atom. The van der Waals surface area contributed by atoms with Crippen molar-refractivity contribution in [1.29, 1.82) is 0 Å². The number of hydrogen-bond acceptors (Lipinski definition) is 4. The maximum absolute atomic E-state index is 11.4. The van der Waals surface area contributed by atoms with Crippen LogP contribution in [0.15, 0.2) is 18.2 Å². The van der Waals surface area contributed by atoms with Crippen LogP contribution in [0, 0.1) is 13.8 Å². The third-order valence-corrected chi connectivity index (χ3v) is 2.73. The highest BCUT2D eigenvalue weighted by molar-refractivity contribution is 5.76. The largest absolute Gasteiger partial charge is 0.493 e. The molecule has 1 amide bonds. The van der Waals surface area contributed by atoms with Crippen molar-refractivity contribution >= 4 is 5.91 Å². The molecule has 1 aromatic carbocycles. The number of amides is 1. The second-order valence-electron chi connectivity index (χ2n) is 4.46. The van der Waals surface area contributed by atoms with Gasteiger partial charge in [-0.25, -0.2) is 0 Å². The van der Waals surface area contributed by atoms with Crippen molar-refractivity contribution < 1.29 is 19.7 Å². The van der Waals surface area contributed by atoms with E-state index in [0.29, 0.717) is 0 Å². The first-order chi connectivity index (χ1) is 9.04. The molecule has 5 nitrogen and oxygen atoms in total. The maximum Gasteiger partial charge on any atom is 0.223 e. The summed E-state index contributed by atoms with van der Waals surface area (Å²) in [4.78, 5) is 11.4. The van der Waals surface area contributed by atoms with E-state index in [2.05, 4.69) is 5.32 Å². The van der Waals surface area contributed by atoms with E-state index >= 15 is 0 Å². The molecule has 0 fully saturated rings. The molecule has 106 valence electrons. The zero-order valence-electron chi connectivity index (χ0n) is 11.3. The average Bonchev–Trinajstić information content (AvgIpc) is 2.39. The monoisotopic (exact) mass is 267 g/mol. The highest BCUT2D eigenvalue weighted by Crippen LogP contribution is 2.22. The predicted molar refractivity (Wildman–Crippen MR) is 72.1 cm³/mol. The van der Waals surface area contributed by atoms with E-state index in [1.54, 1.807) is 0 Å². The van der Waals surface area contributed by atoms with Crippen LogP contribution in [0.4, 0.5) is 0 Å². The van der Waals surface area contributed by atoms with Crippen molar-refractivity contribution in [3.63, 3.8) is 0 Å². The lowest BCUT2D eigenvalue weighted by Gasteiger charge is -2.12. The Morgan fingerprint density at radius 2 is 2.00 bits per heavy atom. The second kappa shape index (κ2) is 7.76. The van der Waals surface area contributed by atoms with Crippen LogP contribution in [0.25, 0.3) is 0 Å². The average molecular weight is 267 g/mol. The fourth-order valence-electron chi connectivity index (χ4n) is 1.66. The van der Waals surface area contributed by atoms with Crippen LogP contribution in [-0.4, -0.2) is 42.0 Å². The van der Waals surface area contributed by atoms with Gasteiger partial charge in [0.2, 0.25) is 5.91 Å². The Morgan fingerprint density at radius 3 is 2.58 bits per heavy atom. The molecule has 0 radical (unpaired) electrons. The summed E-state index contributed by atoms with van der Waals surface area (Å²) in [5.41, 5.74) is 2.08. The molecule has 0 aliphatic heterocycles. The summed E-state index contributed by atoms with van der Waals surface area (Å²) in [6.07, 6.45) is -0.699. The Kier molecular flexibility index (Phi) is 6.32. The number of aliphatic hydroxyl groups is 2. The van der Waals surface area contributed by atoms with E-state index in [4.69, 9.17) is 14.9 Å². The van der Waals surface area contributed by atoms with E-state index in [-0.39, 0.29) is 32.1 Å². The van der Waals surface area contributed by atoms with E-state index in [0.717, 1.165) is 16.9 Å². The highest BCUT2D eigenvalue weighted by atomic mass is 16.5. The molecule has 1 unspecified atom stereocenters. The molecule has 1 atom stereocenters. The van der Waals surface area contributed by atoms with Gasteiger partial charge >= 0.3 is 0 Å². The number of aryl methyl sites for hydroxylation is 2. The second-order valence-corrected chi connectivity index (χ2v) is 4.46. The molecule has 0 aliphatic carbocycles. The summed E-state index contributed by atoms with van der Waals surface area (Å²) in [5, 5.41) is 20.2. The van der Waals surface area contributed by atoms with Gasteiger partial charge in [-0.15, -0.1) is 0 Å². The van der Waals surface area contributed by atoms with Crippen molar-refractivity contribution in [2.45, 2.75) is 26.4 Å². The minimum Gasteiger partial charge on any atom is -0.493 e. The Bertz CT molecular complexity index is 400. The number of carbonyl (C=O) groups excluding carboxylic acids is 1. The first-order valence-electron chi connectivity index (χ1n) is 6.29. The quantitative estimate of drug-likeness (QED) is 0.674. The van der Waals surface area contributed by atoms with E-state index < -0.39 is 6.10 Å². The van der Waals surface area contributed by atoms with Crippen molar-refractivity contribution in [2.24, 2.45) is 0 Å². The number of rotatable bonds is 7. The van der Waals surface area contributed by atoms with Crippen molar-refractivity contribution in [2.75, 3.05) is 19.8 Å². The van der Waals surface area contributed by atoms with Crippen molar-refractivity contribution in [3.05, 3.63) is 29.3 Å². The number of aliphatic hydroxyl groups excluding tert-OH is 2. The Labute approximate surface area is 113 Å². The lowest BCUT2D eigenvalue weighted by atomic mass is 10.1. The van der Waals surface area contributed by atoms with Gasteiger partial charge in [-0.1, -0.05) is 18.2 Å². The first-order valence-corrected chi connectivity index (χ1v) is 6.29. The van der Waals surface area contributed by atoms with Crippen LogP contribution in [0.2, 0.25) is 0 Å². The molecule has 19 heavy (non-hydrogen) atoms. The molecule has 1 rings (SSSR count). The lowest BCUT2D eigenvalue weighted by Crippen LogP contribution is -2.34. The SMILES string of the molecule is Cc1cccc(C)c1OCCC(=O)NCC(O)CO. The lowest BCUT2D eigenvalue weighted by molar-refractivity contribution is -0.122. The van der Waals surface area contributed by atoms with Crippen LogP contribution in [0.5, 0.6) is 5.75 Å². The summed E-state index contributed by atoms with van der Waals surface area (Å²) in [6, 6.07) is 5.88. The van der Waals surface area contributed by atoms with Gasteiger partial charge in [-0.3, -0.25) is 4.79 Å². The van der Waals surface area contributed by atoms with Gasteiger partial charge in [0.1, 0.15) is 5.75 Å². The molecule has 0 heterocycles. The van der Waals surface area contributed by atoms with E-state index in [9.17, 15) is 4.79 Å². The summed E-state index contributed by atoms with van der Waals surface area (Å²) in [5.74, 6) is 0.601. The fourth-order valence-corrected chi connectivity index (χ4v) is 1.66. The molecule has 0 spiro atoms. The summed E-state index contributed by atoms with van der Waals surface area (Å²) in [7, 11) is 0. The fraction of sp³-hybridized carbons (Fsp3) is 0.500. The molecule has 0 aromatic heterocycles. The molecular formula is C14H21NO4. The molecule has 0 saturated carbocycles. The number of benzene rings is 1. The predicted octanol–water partition coefficient (Wildman–Crippen LogP) is 0.542. The molecule has 1 aromatic rings. The van der Waals surface area contributed by atoms with Crippen molar-refractivity contribution in [3.8, 4) is 5.75 Å². The van der Waals surface area contributed by atoms with Gasteiger partial charge in [-0.05, 0) is 25.0 Å². The molecular weight excluding hydrogens is 246 g/mol. The zero-order chi connectivity index (χ0) is 14.3. The van der Waals surface area contributed by atoms with Crippen LogP contribution < -0.4 is 10.1 Å². The van der Waals surface area contributed by atoms with Gasteiger partial charge in [0.25, 0.3) is 0 Å². The number of nitrogens with one attached hydrogen (secondary N) is 1. The van der Waals surface area contributed by atoms with Crippen LogP contribution in [-0.2, 0) is 4.79 Å². The van der Waals surface area contributed by atoms with Gasteiger partial charge in [0.05, 0.1) is 25.7 Å². The van der Waals surface area contributed by atoms with Crippen LogP contribution >= 0.6 is 0 Å². The first kappa shape index (κ1) is 15.5.